The predicted molar refractivity (Wildman–Crippen MR) is 137 cm³/mol. The van der Waals surface area contributed by atoms with Crippen LogP contribution < -0.4 is 10.9 Å². The number of nitrogens with one attached hydrogen (secondary N) is 1. The van der Waals surface area contributed by atoms with E-state index < -0.39 is 6.29 Å². The standard InChI is InChI=1S/C28H29N5O2/c1-4-5-10-26-25(27(34)33(19(2)32-26)28-30-17-23(35-3)18-31-28)15-20-11-13-21(14-12-20)24-9-7-6-8-22(24)16-29/h6-9,11-14,17-18,28,30H,4-5,10,15H2,1-3H3. The molecule has 1 unspecified atom stereocenters. The number of hydrogen-bond donors (Lipinski definition) is 1. The molecule has 35 heavy (non-hydrogen) atoms. The summed E-state index contributed by atoms with van der Waals surface area (Å²) in [7, 11) is 1.57. The summed E-state index contributed by atoms with van der Waals surface area (Å²) >= 11 is 0. The lowest BCUT2D eigenvalue weighted by atomic mass is 9.97. The molecule has 0 radical (unpaired) electrons. The van der Waals surface area contributed by atoms with Crippen molar-refractivity contribution < 1.29 is 4.74 Å². The molecule has 0 aliphatic carbocycles. The Labute approximate surface area is 205 Å². The fraction of sp³-hybridized carbons (Fsp3) is 0.286. The molecule has 1 aromatic heterocycles. The number of aryl methyl sites for hydroxylation is 2. The van der Waals surface area contributed by atoms with Crippen LogP contribution in [-0.4, -0.2) is 22.9 Å². The summed E-state index contributed by atoms with van der Waals surface area (Å²) in [4.78, 5) is 23.0. The molecule has 0 spiro atoms. The third-order valence-electron chi connectivity index (χ3n) is 6.13. The van der Waals surface area contributed by atoms with Crippen LogP contribution >= 0.6 is 0 Å². The maximum absolute atomic E-state index is 13.7. The summed E-state index contributed by atoms with van der Waals surface area (Å²) in [5.41, 5.74) is 4.96. The van der Waals surface area contributed by atoms with Crippen molar-refractivity contribution in [2.45, 2.75) is 45.8 Å². The number of unbranched alkanes of at least 4 members (excludes halogenated alkanes) is 1. The van der Waals surface area contributed by atoms with Gasteiger partial charge in [0.15, 0.2) is 5.76 Å². The Morgan fingerprint density at radius 3 is 2.60 bits per heavy atom. The van der Waals surface area contributed by atoms with Crippen molar-refractivity contribution in [3.8, 4) is 17.2 Å². The van der Waals surface area contributed by atoms with Gasteiger partial charge in [0.2, 0.25) is 6.29 Å². The van der Waals surface area contributed by atoms with Gasteiger partial charge in [0.25, 0.3) is 5.56 Å². The Morgan fingerprint density at radius 1 is 1.17 bits per heavy atom. The van der Waals surface area contributed by atoms with Gasteiger partial charge in [-0.2, -0.15) is 5.26 Å². The maximum Gasteiger partial charge on any atom is 0.260 e. The van der Waals surface area contributed by atoms with Crippen LogP contribution in [0.5, 0.6) is 0 Å². The lowest BCUT2D eigenvalue weighted by Gasteiger charge is -2.23. The summed E-state index contributed by atoms with van der Waals surface area (Å²) in [6.07, 6.45) is 5.95. The summed E-state index contributed by atoms with van der Waals surface area (Å²) < 4.78 is 6.79. The topological polar surface area (TPSA) is 92.3 Å². The van der Waals surface area contributed by atoms with E-state index in [0.717, 1.165) is 41.6 Å². The van der Waals surface area contributed by atoms with Crippen molar-refractivity contribution in [1.82, 2.24) is 14.9 Å². The Balaban J connectivity index is 1.69. The van der Waals surface area contributed by atoms with Gasteiger partial charge >= 0.3 is 0 Å². The van der Waals surface area contributed by atoms with E-state index in [1.807, 2.05) is 55.5 Å². The molecule has 0 amide bonds. The van der Waals surface area contributed by atoms with Crippen LogP contribution in [-0.2, 0) is 17.6 Å². The maximum atomic E-state index is 13.7. The molecule has 1 N–H and O–H groups in total. The number of ether oxygens (including phenoxy) is 1. The van der Waals surface area contributed by atoms with Crippen LogP contribution in [0.1, 0.15) is 54.3 Å². The SMILES string of the molecule is CCCCc1nc(C)n(C2N=CC(OC)=CN2)c(=O)c1Cc1ccc(-c2ccccc2C#N)cc1. The number of methoxy groups -OCH3 is 1. The highest BCUT2D eigenvalue weighted by atomic mass is 16.5. The molecule has 2 aromatic carbocycles. The fourth-order valence-corrected chi connectivity index (χ4v) is 4.22. The normalized spacial score (nSPS) is 14.7. The molecular weight excluding hydrogens is 438 g/mol. The molecule has 0 saturated heterocycles. The number of aromatic nitrogens is 2. The van der Waals surface area contributed by atoms with E-state index in [0.29, 0.717) is 29.1 Å². The van der Waals surface area contributed by atoms with E-state index in [2.05, 4.69) is 23.3 Å². The van der Waals surface area contributed by atoms with Crippen molar-refractivity contribution in [3.05, 3.63) is 99.1 Å². The zero-order valence-electron chi connectivity index (χ0n) is 20.3. The number of aliphatic imine (C=N–C) groups is 1. The first-order valence-corrected chi connectivity index (χ1v) is 11.8. The number of allylic oxidation sites excluding steroid dienone is 1. The highest BCUT2D eigenvalue weighted by Crippen LogP contribution is 2.24. The van der Waals surface area contributed by atoms with Crippen LogP contribution in [0.3, 0.4) is 0 Å². The molecule has 3 aromatic rings. The summed E-state index contributed by atoms with van der Waals surface area (Å²) in [5, 5.41) is 12.5. The van der Waals surface area contributed by atoms with Gasteiger partial charge in [0.05, 0.1) is 30.7 Å². The minimum Gasteiger partial charge on any atom is -0.494 e. The highest BCUT2D eigenvalue weighted by Gasteiger charge is 2.21. The first-order chi connectivity index (χ1) is 17.0. The zero-order chi connectivity index (χ0) is 24.8. The molecule has 1 aliphatic rings. The molecule has 0 fully saturated rings. The van der Waals surface area contributed by atoms with Gasteiger partial charge in [-0.1, -0.05) is 55.8 Å². The van der Waals surface area contributed by atoms with Crippen LogP contribution in [0.4, 0.5) is 0 Å². The summed E-state index contributed by atoms with van der Waals surface area (Å²) in [5.74, 6) is 1.22. The van der Waals surface area contributed by atoms with Gasteiger partial charge in [-0.05, 0) is 42.5 Å². The molecular formula is C28H29N5O2. The molecule has 1 aliphatic heterocycles. The minimum atomic E-state index is -0.572. The second-order valence-electron chi connectivity index (χ2n) is 8.46. The summed E-state index contributed by atoms with van der Waals surface area (Å²) in [6.45, 7) is 3.97. The molecule has 1 atom stereocenters. The van der Waals surface area contributed by atoms with E-state index in [1.165, 1.54) is 0 Å². The third kappa shape index (κ3) is 5.17. The predicted octanol–water partition coefficient (Wildman–Crippen LogP) is 4.64. The van der Waals surface area contributed by atoms with Crippen molar-refractivity contribution in [2.75, 3.05) is 7.11 Å². The molecule has 7 nitrogen and oxygen atoms in total. The lowest BCUT2D eigenvalue weighted by molar-refractivity contribution is 0.304. The fourth-order valence-electron chi connectivity index (χ4n) is 4.22. The number of nitriles is 1. The number of rotatable bonds is 8. The van der Waals surface area contributed by atoms with E-state index in [1.54, 1.807) is 24.1 Å². The van der Waals surface area contributed by atoms with Gasteiger partial charge in [-0.25, -0.2) is 9.98 Å². The van der Waals surface area contributed by atoms with Crippen LogP contribution in [0.25, 0.3) is 11.1 Å². The van der Waals surface area contributed by atoms with Crippen molar-refractivity contribution in [1.29, 1.82) is 5.26 Å². The quantitative estimate of drug-likeness (QED) is 0.521. The number of hydrogen-bond acceptors (Lipinski definition) is 6. The smallest absolute Gasteiger partial charge is 0.260 e. The Bertz CT molecular complexity index is 1360. The van der Waals surface area contributed by atoms with Crippen LogP contribution in [0, 0.1) is 18.3 Å². The molecule has 0 bridgehead atoms. The van der Waals surface area contributed by atoms with E-state index in [9.17, 15) is 10.1 Å². The second kappa shape index (κ2) is 10.8. The van der Waals surface area contributed by atoms with Crippen LogP contribution in [0.2, 0.25) is 0 Å². The van der Waals surface area contributed by atoms with E-state index >= 15 is 0 Å². The molecule has 7 heteroatoms. The number of benzene rings is 2. The highest BCUT2D eigenvalue weighted by molar-refractivity contribution is 5.76. The third-order valence-corrected chi connectivity index (χ3v) is 6.13. The van der Waals surface area contributed by atoms with Gasteiger partial charge in [-0.15, -0.1) is 0 Å². The minimum absolute atomic E-state index is 0.0913. The van der Waals surface area contributed by atoms with Crippen molar-refractivity contribution in [3.63, 3.8) is 0 Å². The van der Waals surface area contributed by atoms with Gasteiger partial charge in [-0.3, -0.25) is 9.36 Å². The first kappa shape index (κ1) is 24.0. The average Bonchev–Trinajstić information content (AvgIpc) is 2.90. The van der Waals surface area contributed by atoms with E-state index in [-0.39, 0.29) is 5.56 Å². The van der Waals surface area contributed by atoms with Crippen molar-refractivity contribution >= 4 is 6.21 Å². The first-order valence-electron chi connectivity index (χ1n) is 11.8. The Kier molecular flexibility index (Phi) is 7.41. The average molecular weight is 468 g/mol. The molecule has 178 valence electrons. The molecule has 4 rings (SSSR count). The lowest BCUT2D eigenvalue weighted by Crippen LogP contribution is -2.37. The van der Waals surface area contributed by atoms with Gasteiger partial charge in [0.1, 0.15) is 5.82 Å². The second-order valence-corrected chi connectivity index (χ2v) is 8.46. The Hall–Kier alpha value is -4.18. The largest absolute Gasteiger partial charge is 0.494 e. The van der Waals surface area contributed by atoms with Crippen molar-refractivity contribution in [2.24, 2.45) is 4.99 Å². The summed E-state index contributed by atoms with van der Waals surface area (Å²) in [6, 6.07) is 17.8. The van der Waals surface area contributed by atoms with Crippen LogP contribution in [0.15, 0.2) is 70.3 Å². The van der Waals surface area contributed by atoms with E-state index in [4.69, 9.17) is 9.72 Å². The number of nitrogens with zero attached hydrogens (tertiary/aromatic N) is 4. The monoisotopic (exact) mass is 467 g/mol. The zero-order valence-corrected chi connectivity index (χ0v) is 20.3. The molecule has 0 saturated carbocycles. The van der Waals surface area contributed by atoms with Gasteiger partial charge in [0, 0.05) is 18.2 Å². The van der Waals surface area contributed by atoms with Gasteiger partial charge < -0.3 is 10.1 Å². The Morgan fingerprint density at radius 2 is 1.94 bits per heavy atom. The molecule has 2 heterocycles.